The molecule has 128 valence electrons. The zero-order valence-electron chi connectivity index (χ0n) is 14.4. The first kappa shape index (κ1) is 16.7. The summed E-state index contributed by atoms with van der Waals surface area (Å²) >= 11 is 0. The van der Waals surface area contributed by atoms with E-state index in [1.807, 2.05) is 43.3 Å². The van der Waals surface area contributed by atoms with Crippen LogP contribution in [0.2, 0.25) is 0 Å². The summed E-state index contributed by atoms with van der Waals surface area (Å²) in [7, 11) is 3.40. The molecule has 0 spiro atoms. The standard InChI is InChI=1S/C19H20N4O2/c1-13(14-7-9-20-10-8-14)23(2)19(24)17-12-21-22-18(17)15-5-4-6-16(11-15)25-3/h4-13H,1-3H3,(H,21,22)/t13-/m1/s1. The SMILES string of the molecule is COc1cccc(-c2[nH]ncc2C(=O)N(C)[C@H](C)c2ccncc2)c1. The highest BCUT2D eigenvalue weighted by Crippen LogP contribution is 2.27. The topological polar surface area (TPSA) is 71.1 Å². The Hall–Kier alpha value is -3.15. The predicted molar refractivity (Wildman–Crippen MR) is 95.3 cm³/mol. The molecule has 25 heavy (non-hydrogen) atoms. The summed E-state index contributed by atoms with van der Waals surface area (Å²) in [4.78, 5) is 18.7. The summed E-state index contributed by atoms with van der Waals surface area (Å²) in [6.45, 7) is 1.98. The number of H-pyrrole nitrogens is 1. The van der Waals surface area contributed by atoms with Crippen LogP contribution in [0.15, 0.2) is 55.0 Å². The molecule has 2 heterocycles. The molecule has 1 amide bonds. The van der Waals surface area contributed by atoms with Gasteiger partial charge in [-0.15, -0.1) is 0 Å². The van der Waals surface area contributed by atoms with E-state index < -0.39 is 0 Å². The minimum atomic E-state index is -0.101. The van der Waals surface area contributed by atoms with Crippen molar-refractivity contribution in [1.29, 1.82) is 0 Å². The van der Waals surface area contributed by atoms with Gasteiger partial charge in [0.15, 0.2) is 0 Å². The van der Waals surface area contributed by atoms with Crippen LogP contribution in [-0.2, 0) is 0 Å². The van der Waals surface area contributed by atoms with Gasteiger partial charge in [0, 0.05) is 25.0 Å². The lowest BCUT2D eigenvalue weighted by Crippen LogP contribution is -2.29. The summed E-state index contributed by atoms with van der Waals surface area (Å²) in [5, 5.41) is 6.99. The van der Waals surface area contributed by atoms with Gasteiger partial charge in [0.2, 0.25) is 0 Å². The number of carbonyl (C=O) groups excluding carboxylic acids is 1. The van der Waals surface area contributed by atoms with Crippen LogP contribution in [-0.4, -0.2) is 40.1 Å². The second-order valence-corrected chi connectivity index (χ2v) is 5.76. The lowest BCUT2D eigenvalue weighted by Gasteiger charge is -2.25. The molecule has 1 N–H and O–H groups in total. The number of hydrogen-bond acceptors (Lipinski definition) is 4. The number of benzene rings is 1. The third-order valence-corrected chi connectivity index (χ3v) is 4.32. The average molecular weight is 336 g/mol. The molecule has 1 aromatic carbocycles. The molecule has 0 aliphatic heterocycles. The third kappa shape index (κ3) is 3.38. The van der Waals surface area contributed by atoms with E-state index in [1.165, 1.54) is 0 Å². The van der Waals surface area contributed by atoms with Gasteiger partial charge >= 0.3 is 0 Å². The lowest BCUT2D eigenvalue weighted by molar-refractivity contribution is 0.0743. The van der Waals surface area contributed by atoms with Crippen molar-refractivity contribution in [2.75, 3.05) is 14.2 Å². The molecule has 0 fully saturated rings. The number of rotatable bonds is 5. The van der Waals surface area contributed by atoms with E-state index in [-0.39, 0.29) is 11.9 Å². The maximum atomic E-state index is 13.0. The fraction of sp³-hybridized carbons (Fsp3) is 0.211. The second-order valence-electron chi connectivity index (χ2n) is 5.76. The van der Waals surface area contributed by atoms with Crippen molar-refractivity contribution in [3.05, 3.63) is 66.1 Å². The van der Waals surface area contributed by atoms with Gasteiger partial charge in [-0.25, -0.2) is 0 Å². The van der Waals surface area contributed by atoms with Crippen LogP contribution in [0, 0.1) is 0 Å². The molecule has 6 heteroatoms. The van der Waals surface area contributed by atoms with Crippen LogP contribution in [0.3, 0.4) is 0 Å². The van der Waals surface area contributed by atoms with Crippen molar-refractivity contribution in [2.24, 2.45) is 0 Å². The Bertz CT molecular complexity index is 861. The molecule has 6 nitrogen and oxygen atoms in total. The Labute approximate surface area is 146 Å². The number of pyridine rings is 1. The van der Waals surface area contributed by atoms with Gasteiger partial charge in [-0.3, -0.25) is 14.9 Å². The van der Waals surface area contributed by atoms with E-state index in [1.54, 1.807) is 37.6 Å². The molecule has 0 saturated carbocycles. The van der Waals surface area contributed by atoms with Gasteiger partial charge in [-0.1, -0.05) is 12.1 Å². The van der Waals surface area contributed by atoms with E-state index >= 15 is 0 Å². The highest BCUT2D eigenvalue weighted by Gasteiger charge is 2.23. The number of ether oxygens (including phenoxy) is 1. The summed E-state index contributed by atoms with van der Waals surface area (Å²) in [6, 6.07) is 11.3. The first-order chi connectivity index (χ1) is 12.1. The average Bonchev–Trinajstić information content (AvgIpc) is 3.16. The van der Waals surface area contributed by atoms with E-state index in [2.05, 4.69) is 15.2 Å². The molecular weight excluding hydrogens is 316 g/mol. The summed E-state index contributed by atoms with van der Waals surface area (Å²) in [5.41, 5.74) is 3.08. The smallest absolute Gasteiger partial charge is 0.257 e. The summed E-state index contributed by atoms with van der Waals surface area (Å²) < 4.78 is 5.26. The van der Waals surface area contributed by atoms with Gasteiger partial charge in [0.05, 0.1) is 30.6 Å². The Morgan fingerprint density at radius 2 is 2.00 bits per heavy atom. The molecule has 0 aliphatic rings. The van der Waals surface area contributed by atoms with Crippen molar-refractivity contribution in [3.63, 3.8) is 0 Å². The van der Waals surface area contributed by atoms with Crippen LogP contribution >= 0.6 is 0 Å². The zero-order chi connectivity index (χ0) is 17.8. The van der Waals surface area contributed by atoms with E-state index in [0.717, 1.165) is 16.9 Å². The van der Waals surface area contributed by atoms with Crippen molar-refractivity contribution < 1.29 is 9.53 Å². The number of hydrogen-bond donors (Lipinski definition) is 1. The lowest BCUT2D eigenvalue weighted by atomic mass is 10.0. The molecular formula is C19H20N4O2. The number of carbonyl (C=O) groups is 1. The molecule has 2 aromatic heterocycles. The van der Waals surface area contributed by atoms with Crippen molar-refractivity contribution in [1.82, 2.24) is 20.1 Å². The Morgan fingerprint density at radius 3 is 2.72 bits per heavy atom. The molecule has 0 radical (unpaired) electrons. The highest BCUT2D eigenvalue weighted by molar-refractivity contribution is 5.99. The largest absolute Gasteiger partial charge is 0.497 e. The van der Waals surface area contributed by atoms with Gasteiger partial charge in [-0.05, 0) is 36.8 Å². The fourth-order valence-electron chi connectivity index (χ4n) is 2.68. The van der Waals surface area contributed by atoms with Crippen molar-refractivity contribution in [3.8, 4) is 17.0 Å². The van der Waals surface area contributed by atoms with E-state index in [9.17, 15) is 4.79 Å². The first-order valence-electron chi connectivity index (χ1n) is 7.96. The number of nitrogens with zero attached hydrogens (tertiary/aromatic N) is 3. The van der Waals surface area contributed by atoms with Gasteiger partial charge in [0.1, 0.15) is 5.75 Å². The maximum absolute atomic E-state index is 13.0. The van der Waals surface area contributed by atoms with Crippen LogP contribution in [0.5, 0.6) is 5.75 Å². The van der Waals surface area contributed by atoms with Crippen LogP contribution in [0.1, 0.15) is 28.9 Å². The van der Waals surface area contributed by atoms with Crippen LogP contribution < -0.4 is 4.74 Å². The summed E-state index contributed by atoms with van der Waals surface area (Å²) in [6.07, 6.45) is 5.01. The van der Waals surface area contributed by atoms with Gasteiger partial charge in [0.25, 0.3) is 5.91 Å². The number of aromatic amines is 1. The van der Waals surface area contributed by atoms with Crippen LogP contribution in [0.25, 0.3) is 11.3 Å². The molecule has 3 rings (SSSR count). The van der Waals surface area contributed by atoms with E-state index in [0.29, 0.717) is 11.3 Å². The quantitative estimate of drug-likeness (QED) is 0.776. The second kappa shape index (κ2) is 7.17. The highest BCUT2D eigenvalue weighted by atomic mass is 16.5. The molecule has 1 atom stereocenters. The third-order valence-electron chi connectivity index (χ3n) is 4.32. The maximum Gasteiger partial charge on any atom is 0.257 e. The number of amides is 1. The van der Waals surface area contributed by atoms with Gasteiger partial charge < -0.3 is 9.64 Å². The Kier molecular flexibility index (Phi) is 4.79. The van der Waals surface area contributed by atoms with Crippen LogP contribution in [0.4, 0.5) is 0 Å². The number of nitrogens with one attached hydrogen (secondary N) is 1. The Morgan fingerprint density at radius 1 is 1.24 bits per heavy atom. The minimum absolute atomic E-state index is 0.0800. The molecule has 3 aromatic rings. The number of aromatic nitrogens is 3. The fourth-order valence-corrected chi connectivity index (χ4v) is 2.68. The van der Waals surface area contributed by atoms with Crippen molar-refractivity contribution >= 4 is 5.91 Å². The minimum Gasteiger partial charge on any atom is -0.497 e. The van der Waals surface area contributed by atoms with E-state index in [4.69, 9.17) is 4.74 Å². The van der Waals surface area contributed by atoms with Gasteiger partial charge in [-0.2, -0.15) is 5.10 Å². The molecule has 0 aliphatic carbocycles. The molecule has 0 bridgehead atoms. The molecule has 0 unspecified atom stereocenters. The predicted octanol–water partition coefficient (Wildman–Crippen LogP) is 3.31. The molecule has 0 saturated heterocycles. The summed E-state index contributed by atoms with van der Waals surface area (Å²) in [5.74, 6) is 0.625. The Balaban J connectivity index is 1.90. The first-order valence-corrected chi connectivity index (χ1v) is 7.96. The number of methoxy groups -OCH3 is 1. The normalized spacial score (nSPS) is 11.8. The zero-order valence-corrected chi connectivity index (χ0v) is 14.4. The van der Waals surface area contributed by atoms with Crippen molar-refractivity contribution in [2.45, 2.75) is 13.0 Å². The monoisotopic (exact) mass is 336 g/mol.